The molecule has 6 heteroatoms. The fraction of sp³-hybridized carbons (Fsp3) is 1.00. The van der Waals surface area contributed by atoms with Crippen molar-refractivity contribution in [3.63, 3.8) is 0 Å². The number of nitrogens with two attached hydrogens (primary N) is 1. The van der Waals surface area contributed by atoms with Crippen LogP contribution in [-0.2, 0) is 14.8 Å². The highest BCUT2D eigenvalue weighted by atomic mass is 32.2. The van der Waals surface area contributed by atoms with Crippen LogP contribution in [0.3, 0.4) is 0 Å². The first-order chi connectivity index (χ1) is 10.1. The lowest BCUT2D eigenvalue weighted by atomic mass is 9.91. The maximum atomic E-state index is 12.0. The monoisotopic (exact) mass is 318 g/mol. The molecule has 2 rings (SSSR count). The molecule has 0 aromatic carbocycles. The van der Waals surface area contributed by atoms with E-state index in [9.17, 15) is 8.42 Å². The molecular formula is C15H30N2O3S. The van der Waals surface area contributed by atoms with Gasteiger partial charge in [0, 0.05) is 12.6 Å². The van der Waals surface area contributed by atoms with Crippen molar-refractivity contribution in [1.82, 2.24) is 4.72 Å². The van der Waals surface area contributed by atoms with E-state index in [1.165, 1.54) is 19.3 Å². The first-order valence-corrected chi connectivity index (χ1v) is 10.0. The van der Waals surface area contributed by atoms with E-state index < -0.39 is 10.0 Å². The fourth-order valence-electron chi connectivity index (χ4n) is 3.40. The van der Waals surface area contributed by atoms with Gasteiger partial charge in [0.2, 0.25) is 10.0 Å². The number of nitrogens with one attached hydrogen (secondary N) is 1. The van der Waals surface area contributed by atoms with Crippen molar-refractivity contribution in [1.29, 1.82) is 0 Å². The van der Waals surface area contributed by atoms with Crippen molar-refractivity contribution >= 4 is 10.0 Å². The maximum Gasteiger partial charge on any atom is 0.211 e. The normalized spacial score (nSPS) is 28.6. The van der Waals surface area contributed by atoms with Gasteiger partial charge in [-0.3, -0.25) is 0 Å². The second-order valence-electron chi connectivity index (χ2n) is 6.59. The summed E-state index contributed by atoms with van der Waals surface area (Å²) in [4.78, 5) is 0. The second kappa shape index (κ2) is 8.46. The largest absolute Gasteiger partial charge is 0.377 e. The van der Waals surface area contributed by atoms with E-state index in [1.54, 1.807) is 0 Å². The Kier molecular flexibility index (Phi) is 6.92. The van der Waals surface area contributed by atoms with Gasteiger partial charge in [0.25, 0.3) is 0 Å². The molecule has 0 aliphatic heterocycles. The van der Waals surface area contributed by atoms with Gasteiger partial charge in [-0.05, 0) is 44.4 Å². The zero-order valence-electron chi connectivity index (χ0n) is 12.9. The summed E-state index contributed by atoms with van der Waals surface area (Å²) in [5, 5.41) is 0. The minimum Gasteiger partial charge on any atom is -0.377 e. The second-order valence-corrected chi connectivity index (χ2v) is 8.44. The summed E-state index contributed by atoms with van der Waals surface area (Å²) >= 11 is 0. The highest BCUT2D eigenvalue weighted by Gasteiger charge is 2.22. The minimum atomic E-state index is -3.14. The SMILES string of the molecule is NC1CCC(OCCNS(=O)(=O)CC2CCCCC2)CC1. The molecule has 21 heavy (non-hydrogen) atoms. The van der Waals surface area contributed by atoms with Gasteiger partial charge in [-0.1, -0.05) is 19.3 Å². The molecule has 2 aliphatic carbocycles. The van der Waals surface area contributed by atoms with E-state index in [2.05, 4.69) is 4.72 Å². The molecule has 124 valence electrons. The van der Waals surface area contributed by atoms with E-state index in [4.69, 9.17) is 10.5 Å². The molecule has 0 aromatic heterocycles. The smallest absolute Gasteiger partial charge is 0.211 e. The Morgan fingerprint density at radius 2 is 1.67 bits per heavy atom. The Hall–Kier alpha value is -0.170. The molecule has 0 spiro atoms. The average Bonchev–Trinajstić information content (AvgIpc) is 2.46. The van der Waals surface area contributed by atoms with Crippen molar-refractivity contribution in [3.05, 3.63) is 0 Å². The molecule has 0 unspecified atom stereocenters. The van der Waals surface area contributed by atoms with Gasteiger partial charge < -0.3 is 10.5 Å². The Morgan fingerprint density at radius 3 is 2.33 bits per heavy atom. The number of ether oxygens (including phenoxy) is 1. The summed E-state index contributed by atoms with van der Waals surface area (Å²) in [5.74, 6) is 0.627. The molecule has 0 heterocycles. The summed E-state index contributed by atoms with van der Waals surface area (Å²) in [7, 11) is -3.14. The van der Waals surface area contributed by atoms with E-state index in [1.807, 2.05) is 0 Å². The van der Waals surface area contributed by atoms with Crippen molar-refractivity contribution in [2.45, 2.75) is 69.9 Å². The number of rotatable bonds is 7. The summed E-state index contributed by atoms with van der Waals surface area (Å²) in [6.07, 6.45) is 9.98. The maximum absolute atomic E-state index is 12.0. The van der Waals surface area contributed by atoms with Crippen LogP contribution in [0.4, 0.5) is 0 Å². The Labute approximate surface area is 129 Å². The molecule has 0 atom stereocenters. The van der Waals surface area contributed by atoms with Crippen LogP contribution in [0.1, 0.15) is 57.8 Å². The Morgan fingerprint density at radius 1 is 1.00 bits per heavy atom. The van der Waals surface area contributed by atoms with Crippen molar-refractivity contribution in [2.75, 3.05) is 18.9 Å². The van der Waals surface area contributed by atoms with E-state index in [0.717, 1.165) is 38.5 Å². The molecule has 0 saturated heterocycles. The molecule has 2 saturated carbocycles. The van der Waals surface area contributed by atoms with Crippen molar-refractivity contribution < 1.29 is 13.2 Å². The fourth-order valence-corrected chi connectivity index (χ4v) is 4.87. The van der Waals surface area contributed by atoms with Gasteiger partial charge in [-0.15, -0.1) is 0 Å². The van der Waals surface area contributed by atoms with Crippen molar-refractivity contribution in [3.8, 4) is 0 Å². The van der Waals surface area contributed by atoms with Gasteiger partial charge >= 0.3 is 0 Å². The summed E-state index contributed by atoms with van der Waals surface area (Å²) < 4.78 is 32.4. The predicted molar refractivity (Wildman–Crippen MR) is 84.5 cm³/mol. The lowest BCUT2D eigenvalue weighted by Crippen LogP contribution is -2.35. The zero-order chi connectivity index (χ0) is 15.1. The Bertz CT molecular complexity index is 386. The lowest BCUT2D eigenvalue weighted by molar-refractivity contribution is 0.0287. The summed E-state index contributed by atoms with van der Waals surface area (Å²) in [6.45, 7) is 0.849. The van der Waals surface area contributed by atoms with Crippen LogP contribution in [0, 0.1) is 5.92 Å². The molecule has 0 radical (unpaired) electrons. The van der Waals surface area contributed by atoms with E-state index in [0.29, 0.717) is 25.1 Å². The average molecular weight is 318 g/mol. The Balaban J connectivity index is 1.58. The van der Waals surface area contributed by atoms with Gasteiger partial charge in [0.15, 0.2) is 0 Å². The van der Waals surface area contributed by atoms with Crippen LogP contribution in [0.15, 0.2) is 0 Å². The highest BCUT2D eigenvalue weighted by molar-refractivity contribution is 7.89. The van der Waals surface area contributed by atoms with Crippen LogP contribution in [-0.4, -0.2) is 39.5 Å². The van der Waals surface area contributed by atoms with Gasteiger partial charge in [-0.2, -0.15) is 0 Å². The third kappa shape index (κ3) is 6.63. The predicted octanol–water partition coefficient (Wildman–Crippen LogP) is 1.77. The lowest BCUT2D eigenvalue weighted by Gasteiger charge is -2.26. The third-order valence-corrected chi connectivity index (χ3v) is 6.23. The van der Waals surface area contributed by atoms with Crippen LogP contribution in [0.2, 0.25) is 0 Å². The number of hydrogen-bond donors (Lipinski definition) is 2. The van der Waals surface area contributed by atoms with Crippen LogP contribution in [0.25, 0.3) is 0 Å². The van der Waals surface area contributed by atoms with E-state index >= 15 is 0 Å². The molecule has 0 bridgehead atoms. The molecular weight excluding hydrogens is 288 g/mol. The van der Waals surface area contributed by atoms with Gasteiger partial charge in [-0.25, -0.2) is 13.1 Å². The summed E-state index contributed by atoms with van der Waals surface area (Å²) in [5.41, 5.74) is 5.85. The van der Waals surface area contributed by atoms with Crippen LogP contribution in [0.5, 0.6) is 0 Å². The minimum absolute atomic E-state index is 0.257. The van der Waals surface area contributed by atoms with Gasteiger partial charge in [0.05, 0.1) is 18.5 Å². The molecule has 5 nitrogen and oxygen atoms in total. The first kappa shape index (κ1) is 17.2. The number of sulfonamides is 1. The molecule has 2 fully saturated rings. The molecule has 2 aliphatic rings. The molecule has 0 aromatic rings. The van der Waals surface area contributed by atoms with E-state index in [-0.39, 0.29) is 11.9 Å². The quantitative estimate of drug-likeness (QED) is 0.701. The van der Waals surface area contributed by atoms with Crippen LogP contribution >= 0.6 is 0 Å². The zero-order valence-corrected chi connectivity index (χ0v) is 13.7. The topological polar surface area (TPSA) is 81.4 Å². The van der Waals surface area contributed by atoms with Gasteiger partial charge in [0.1, 0.15) is 0 Å². The molecule has 0 amide bonds. The first-order valence-electron chi connectivity index (χ1n) is 8.40. The summed E-state index contributed by atoms with van der Waals surface area (Å²) in [6, 6.07) is 0.318. The van der Waals surface area contributed by atoms with Crippen LogP contribution < -0.4 is 10.5 Å². The van der Waals surface area contributed by atoms with Crippen molar-refractivity contribution in [2.24, 2.45) is 11.7 Å². The third-order valence-electron chi connectivity index (χ3n) is 4.68. The number of hydrogen-bond acceptors (Lipinski definition) is 4. The highest BCUT2D eigenvalue weighted by Crippen LogP contribution is 2.24. The standard InChI is InChI=1S/C15H30N2O3S/c16-14-6-8-15(9-7-14)20-11-10-17-21(18,19)12-13-4-2-1-3-5-13/h13-15,17H,1-12,16H2. The molecule has 3 N–H and O–H groups in total.